The second kappa shape index (κ2) is 6.37. The first-order valence-electron chi connectivity index (χ1n) is 7.13. The molecule has 0 spiro atoms. The Balaban J connectivity index is 2.02. The van der Waals surface area contributed by atoms with E-state index in [4.69, 9.17) is 21.1 Å². The van der Waals surface area contributed by atoms with E-state index in [1.54, 1.807) is 36.4 Å². The summed E-state index contributed by atoms with van der Waals surface area (Å²) in [5, 5.41) is 10.9. The molecule has 3 nitrogen and oxygen atoms in total. The highest BCUT2D eigenvalue weighted by molar-refractivity contribution is 6.32. The van der Waals surface area contributed by atoms with E-state index in [1.165, 1.54) is 7.11 Å². The smallest absolute Gasteiger partial charge is 0.416 e. The van der Waals surface area contributed by atoms with Crippen LogP contribution in [0.1, 0.15) is 5.56 Å². The largest absolute Gasteiger partial charge is 0.508 e. The minimum Gasteiger partial charge on any atom is -0.508 e. The maximum Gasteiger partial charge on any atom is 0.416 e. The first kappa shape index (κ1) is 17.2. The molecule has 0 radical (unpaired) electrons. The molecule has 130 valence electrons. The summed E-state index contributed by atoms with van der Waals surface area (Å²) in [6.07, 6.45) is -4.55. The summed E-state index contributed by atoms with van der Waals surface area (Å²) in [7, 11) is 1.23. The monoisotopic (exact) mass is 368 g/mol. The van der Waals surface area contributed by atoms with Crippen LogP contribution in [0.25, 0.3) is 10.8 Å². The second-order valence-corrected chi connectivity index (χ2v) is 5.69. The van der Waals surface area contributed by atoms with Crippen molar-refractivity contribution in [2.75, 3.05) is 7.11 Å². The van der Waals surface area contributed by atoms with Gasteiger partial charge in [0.05, 0.1) is 17.7 Å². The fourth-order valence-corrected chi connectivity index (χ4v) is 2.63. The van der Waals surface area contributed by atoms with Crippen LogP contribution in [0.4, 0.5) is 13.2 Å². The highest BCUT2D eigenvalue weighted by Gasteiger charge is 2.32. The van der Waals surface area contributed by atoms with Crippen LogP contribution >= 0.6 is 11.6 Å². The Morgan fingerprint density at radius 1 is 0.960 bits per heavy atom. The quantitative estimate of drug-likeness (QED) is 0.614. The van der Waals surface area contributed by atoms with Crippen LogP contribution in [0.5, 0.6) is 23.0 Å². The summed E-state index contributed by atoms with van der Waals surface area (Å²) in [6.45, 7) is 0. The van der Waals surface area contributed by atoms with Crippen LogP contribution in [0.15, 0.2) is 48.5 Å². The van der Waals surface area contributed by atoms with Crippen molar-refractivity contribution >= 4 is 22.4 Å². The van der Waals surface area contributed by atoms with Crippen LogP contribution in [0.2, 0.25) is 5.02 Å². The van der Waals surface area contributed by atoms with Gasteiger partial charge in [-0.1, -0.05) is 23.7 Å². The van der Waals surface area contributed by atoms with Gasteiger partial charge in [-0.25, -0.2) is 0 Å². The number of hydrogen-bond donors (Lipinski definition) is 1. The third kappa shape index (κ3) is 3.58. The number of hydrogen-bond acceptors (Lipinski definition) is 3. The standard InChI is InChI=1S/C18H12ClF3O3/c1-24-16-9-12(18(20,21)22)8-15(19)17(16)25-14-5-3-10-2-4-13(23)6-11(10)7-14/h2-9,23H,1H3. The molecule has 0 fully saturated rings. The SMILES string of the molecule is COc1cc(C(F)(F)F)cc(Cl)c1Oc1ccc2ccc(O)cc2c1. The van der Waals surface area contributed by atoms with E-state index < -0.39 is 11.7 Å². The molecular weight excluding hydrogens is 357 g/mol. The minimum atomic E-state index is -4.55. The van der Waals surface area contributed by atoms with Gasteiger partial charge < -0.3 is 14.6 Å². The summed E-state index contributed by atoms with van der Waals surface area (Å²) in [4.78, 5) is 0. The third-order valence-electron chi connectivity index (χ3n) is 3.57. The lowest BCUT2D eigenvalue weighted by Crippen LogP contribution is -2.06. The van der Waals surface area contributed by atoms with Gasteiger partial charge in [0, 0.05) is 0 Å². The molecule has 0 aliphatic heterocycles. The average molecular weight is 369 g/mol. The molecule has 0 saturated heterocycles. The van der Waals surface area contributed by atoms with Gasteiger partial charge in [-0.2, -0.15) is 13.2 Å². The Labute approximate surface area is 146 Å². The molecule has 1 N–H and O–H groups in total. The lowest BCUT2D eigenvalue weighted by Gasteiger charge is -2.15. The third-order valence-corrected chi connectivity index (χ3v) is 3.85. The molecule has 7 heteroatoms. The van der Waals surface area contributed by atoms with Gasteiger partial charge in [-0.15, -0.1) is 0 Å². The maximum absolute atomic E-state index is 12.9. The average Bonchev–Trinajstić information content (AvgIpc) is 2.55. The van der Waals surface area contributed by atoms with Gasteiger partial charge in [-0.05, 0) is 47.2 Å². The highest BCUT2D eigenvalue weighted by Crippen LogP contribution is 2.43. The van der Waals surface area contributed by atoms with Crippen molar-refractivity contribution in [1.29, 1.82) is 0 Å². The Morgan fingerprint density at radius 3 is 2.36 bits per heavy atom. The topological polar surface area (TPSA) is 38.7 Å². The summed E-state index contributed by atoms with van der Waals surface area (Å²) in [6, 6.07) is 11.5. The first-order chi connectivity index (χ1) is 11.8. The fraction of sp³-hybridized carbons (Fsp3) is 0.111. The van der Waals surface area contributed by atoms with Gasteiger partial charge in [0.2, 0.25) is 0 Å². The number of alkyl halides is 3. The lowest BCUT2D eigenvalue weighted by atomic mass is 10.1. The summed E-state index contributed by atoms with van der Waals surface area (Å²) >= 11 is 5.97. The zero-order chi connectivity index (χ0) is 18.2. The predicted molar refractivity (Wildman–Crippen MR) is 88.7 cm³/mol. The van der Waals surface area contributed by atoms with Crippen molar-refractivity contribution in [1.82, 2.24) is 0 Å². The molecule has 3 rings (SSSR count). The Bertz CT molecular complexity index is 939. The number of fused-ring (bicyclic) bond motifs is 1. The number of methoxy groups -OCH3 is 1. The normalized spacial score (nSPS) is 11.6. The molecule has 0 aliphatic carbocycles. The zero-order valence-electron chi connectivity index (χ0n) is 12.9. The van der Waals surface area contributed by atoms with E-state index in [9.17, 15) is 18.3 Å². The van der Waals surface area contributed by atoms with Gasteiger partial charge in [0.1, 0.15) is 11.5 Å². The summed E-state index contributed by atoms with van der Waals surface area (Å²) in [5.41, 5.74) is -0.926. The summed E-state index contributed by atoms with van der Waals surface area (Å²) < 4.78 is 49.3. The van der Waals surface area contributed by atoms with E-state index in [0.29, 0.717) is 11.1 Å². The van der Waals surface area contributed by atoms with Gasteiger partial charge in [0.15, 0.2) is 11.5 Å². The van der Waals surface area contributed by atoms with Crippen molar-refractivity contribution in [3.8, 4) is 23.0 Å². The van der Waals surface area contributed by atoms with Crippen LogP contribution in [-0.2, 0) is 6.18 Å². The number of ether oxygens (including phenoxy) is 2. The molecule has 0 atom stereocenters. The van der Waals surface area contributed by atoms with Gasteiger partial charge >= 0.3 is 6.18 Å². The van der Waals surface area contributed by atoms with E-state index in [0.717, 1.165) is 17.5 Å². The van der Waals surface area contributed by atoms with E-state index in [2.05, 4.69) is 0 Å². The van der Waals surface area contributed by atoms with E-state index in [-0.39, 0.29) is 22.3 Å². The second-order valence-electron chi connectivity index (χ2n) is 5.28. The van der Waals surface area contributed by atoms with Crippen LogP contribution in [-0.4, -0.2) is 12.2 Å². The van der Waals surface area contributed by atoms with Gasteiger partial charge in [0.25, 0.3) is 0 Å². The lowest BCUT2D eigenvalue weighted by molar-refractivity contribution is -0.137. The minimum absolute atomic E-state index is 0.0170. The number of aromatic hydroxyl groups is 1. The van der Waals surface area contributed by atoms with Crippen LogP contribution < -0.4 is 9.47 Å². The highest BCUT2D eigenvalue weighted by atomic mass is 35.5. The van der Waals surface area contributed by atoms with Crippen molar-refractivity contribution in [3.05, 3.63) is 59.1 Å². The Morgan fingerprint density at radius 2 is 1.68 bits per heavy atom. The number of rotatable bonds is 3. The van der Waals surface area contributed by atoms with Crippen molar-refractivity contribution in [3.63, 3.8) is 0 Å². The number of halogens is 4. The molecule has 0 bridgehead atoms. The van der Waals surface area contributed by atoms with Crippen molar-refractivity contribution in [2.24, 2.45) is 0 Å². The molecule has 3 aromatic carbocycles. The number of phenols is 1. The molecule has 0 heterocycles. The Kier molecular flexibility index (Phi) is 4.39. The molecule has 0 aliphatic rings. The number of phenolic OH excluding ortho intramolecular Hbond substituents is 1. The van der Waals surface area contributed by atoms with Crippen molar-refractivity contribution in [2.45, 2.75) is 6.18 Å². The fourth-order valence-electron chi connectivity index (χ4n) is 2.38. The van der Waals surface area contributed by atoms with E-state index >= 15 is 0 Å². The predicted octanol–water partition coefficient (Wildman–Crippen LogP) is 6.02. The molecule has 0 amide bonds. The van der Waals surface area contributed by atoms with E-state index in [1.807, 2.05) is 0 Å². The van der Waals surface area contributed by atoms with Crippen molar-refractivity contribution < 1.29 is 27.8 Å². The Hall–Kier alpha value is -2.60. The molecule has 0 unspecified atom stereocenters. The molecular formula is C18H12ClF3O3. The maximum atomic E-state index is 12.9. The summed E-state index contributed by atoms with van der Waals surface area (Å²) in [5.74, 6) is 0.292. The molecule has 0 saturated carbocycles. The molecule has 25 heavy (non-hydrogen) atoms. The van der Waals surface area contributed by atoms with Gasteiger partial charge in [-0.3, -0.25) is 0 Å². The first-order valence-corrected chi connectivity index (χ1v) is 7.51. The molecule has 0 aromatic heterocycles. The van der Waals surface area contributed by atoms with Crippen LogP contribution in [0, 0.1) is 0 Å². The molecule has 3 aromatic rings. The van der Waals surface area contributed by atoms with Crippen LogP contribution in [0.3, 0.4) is 0 Å². The number of benzene rings is 3. The zero-order valence-corrected chi connectivity index (χ0v) is 13.7.